The number of hydrogen-bond acceptors (Lipinski definition) is 1. The summed E-state index contributed by atoms with van der Waals surface area (Å²) < 4.78 is 12.8. The van der Waals surface area contributed by atoms with Crippen LogP contribution in [-0.2, 0) is 19.3 Å². The van der Waals surface area contributed by atoms with Gasteiger partial charge in [-0.2, -0.15) is 0 Å². The maximum Gasteiger partial charge on any atom is 0.123 e. The molecule has 2 aromatic carbocycles. The molecule has 1 aliphatic carbocycles. The Bertz CT molecular complexity index is 522. The highest BCUT2D eigenvalue weighted by atomic mass is 19.1. The molecule has 0 saturated carbocycles. The van der Waals surface area contributed by atoms with Crippen LogP contribution in [0.5, 0.6) is 0 Å². The molecule has 0 amide bonds. The van der Waals surface area contributed by atoms with Gasteiger partial charge < -0.3 is 5.32 Å². The molecule has 1 aliphatic rings. The van der Waals surface area contributed by atoms with Crippen molar-refractivity contribution in [1.29, 1.82) is 0 Å². The van der Waals surface area contributed by atoms with Gasteiger partial charge in [-0.25, -0.2) is 4.39 Å². The van der Waals surface area contributed by atoms with E-state index in [9.17, 15) is 4.39 Å². The third-order valence-electron chi connectivity index (χ3n) is 3.81. The van der Waals surface area contributed by atoms with Gasteiger partial charge in [0.2, 0.25) is 0 Å². The molecule has 2 aromatic rings. The summed E-state index contributed by atoms with van der Waals surface area (Å²) >= 11 is 0. The Morgan fingerprint density at radius 2 is 1.58 bits per heavy atom. The van der Waals surface area contributed by atoms with E-state index >= 15 is 0 Å². The van der Waals surface area contributed by atoms with E-state index in [0.717, 1.165) is 25.8 Å². The molecule has 3 rings (SSSR count). The fourth-order valence-corrected chi connectivity index (χ4v) is 2.77. The summed E-state index contributed by atoms with van der Waals surface area (Å²) in [5.74, 6) is -0.164. The van der Waals surface area contributed by atoms with Crippen molar-refractivity contribution < 1.29 is 4.39 Å². The van der Waals surface area contributed by atoms with E-state index < -0.39 is 0 Å². The Morgan fingerprint density at radius 3 is 2.21 bits per heavy atom. The second-order valence-electron chi connectivity index (χ2n) is 5.20. The maximum absolute atomic E-state index is 12.8. The highest BCUT2D eigenvalue weighted by Crippen LogP contribution is 2.21. The Kier molecular flexibility index (Phi) is 3.60. The van der Waals surface area contributed by atoms with Gasteiger partial charge in [0.05, 0.1) is 0 Å². The van der Waals surface area contributed by atoms with E-state index in [0.29, 0.717) is 6.04 Å². The van der Waals surface area contributed by atoms with E-state index in [1.807, 2.05) is 12.1 Å². The molecule has 0 spiro atoms. The zero-order valence-corrected chi connectivity index (χ0v) is 10.9. The Hall–Kier alpha value is -1.67. The summed E-state index contributed by atoms with van der Waals surface area (Å²) in [6, 6.07) is 16.0. The molecular formula is C17H18FN. The molecule has 0 aromatic heterocycles. The third-order valence-corrected chi connectivity index (χ3v) is 3.81. The van der Waals surface area contributed by atoms with Crippen LogP contribution in [0.15, 0.2) is 48.5 Å². The molecule has 0 fully saturated rings. The smallest absolute Gasteiger partial charge is 0.123 e. The average Bonchev–Trinajstić information content (AvgIpc) is 2.83. The van der Waals surface area contributed by atoms with Gasteiger partial charge in [0.15, 0.2) is 0 Å². The molecule has 0 saturated heterocycles. The minimum absolute atomic E-state index is 0.164. The maximum atomic E-state index is 12.8. The van der Waals surface area contributed by atoms with Gasteiger partial charge in [-0.1, -0.05) is 36.4 Å². The van der Waals surface area contributed by atoms with Crippen molar-refractivity contribution in [2.45, 2.75) is 25.3 Å². The number of hydrogen-bond donors (Lipinski definition) is 1. The summed E-state index contributed by atoms with van der Waals surface area (Å²) in [6.07, 6.45) is 3.20. The zero-order valence-electron chi connectivity index (χ0n) is 10.9. The van der Waals surface area contributed by atoms with E-state index in [4.69, 9.17) is 0 Å². The monoisotopic (exact) mass is 255 g/mol. The summed E-state index contributed by atoms with van der Waals surface area (Å²) in [4.78, 5) is 0. The first-order valence-corrected chi connectivity index (χ1v) is 6.86. The van der Waals surface area contributed by atoms with E-state index in [2.05, 4.69) is 29.6 Å². The molecule has 0 bridgehead atoms. The number of nitrogens with one attached hydrogen (secondary N) is 1. The third kappa shape index (κ3) is 3.02. The van der Waals surface area contributed by atoms with Crippen LogP contribution in [-0.4, -0.2) is 12.6 Å². The van der Waals surface area contributed by atoms with E-state index in [1.54, 1.807) is 0 Å². The summed E-state index contributed by atoms with van der Waals surface area (Å²) in [5, 5.41) is 3.60. The van der Waals surface area contributed by atoms with Crippen molar-refractivity contribution in [3.63, 3.8) is 0 Å². The van der Waals surface area contributed by atoms with Crippen LogP contribution in [0.2, 0.25) is 0 Å². The summed E-state index contributed by atoms with van der Waals surface area (Å²) in [6.45, 7) is 0.949. The highest BCUT2D eigenvalue weighted by Gasteiger charge is 2.19. The first-order chi connectivity index (χ1) is 9.31. The molecule has 0 heterocycles. The van der Waals surface area contributed by atoms with Gasteiger partial charge in [0, 0.05) is 6.04 Å². The van der Waals surface area contributed by atoms with Gasteiger partial charge in [-0.15, -0.1) is 0 Å². The minimum Gasteiger partial charge on any atom is -0.313 e. The van der Waals surface area contributed by atoms with Gasteiger partial charge >= 0.3 is 0 Å². The molecule has 0 aliphatic heterocycles. The number of benzene rings is 2. The van der Waals surface area contributed by atoms with E-state index in [1.165, 1.54) is 28.8 Å². The summed E-state index contributed by atoms with van der Waals surface area (Å²) in [7, 11) is 0. The standard InChI is InChI=1S/C17H18FN/c18-16-7-5-13(6-8-16)9-10-19-17-11-14-3-1-2-4-15(14)12-17/h1-8,17,19H,9-12H2. The molecule has 19 heavy (non-hydrogen) atoms. The Balaban J connectivity index is 1.48. The van der Waals surface area contributed by atoms with Crippen molar-refractivity contribution in [3.05, 3.63) is 71.0 Å². The largest absolute Gasteiger partial charge is 0.313 e. The van der Waals surface area contributed by atoms with Crippen molar-refractivity contribution in [1.82, 2.24) is 5.32 Å². The van der Waals surface area contributed by atoms with Crippen LogP contribution < -0.4 is 5.32 Å². The second-order valence-corrected chi connectivity index (χ2v) is 5.20. The molecule has 1 N–H and O–H groups in total. The number of fused-ring (bicyclic) bond motifs is 1. The number of rotatable bonds is 4. The SMILES string of the molecule is Fc1ccc(CCNC2Cc3ccccc3C2)cc1. The van der Waals surface area contributed by atoms with Crippen molar-refractivity contribution >= 4 is 0 Å². The fourth-order valence-electron chi connectivity index (χ4n) is 2.77. The first kappa shape index (κ1) is 12.4. The average molecular weight is 255 g/mol. The molecule has 0 unspecified atom stereocenters. The quantitative estimate of drug-likeness (QED) is 0.885. The van der Waals surface area contributed by atoms with Crippen LogP contribution >= 0.6 is 0 Å². The first-order valence-electron chi connectivity index (χ1n) is 6.86. The van der Waals surface area contributed by atoms with Crippen LogP contribution in [0.3, 0.4) is 0 Å². The molecule has 0 radical (unpaired) electrons. The molecule has 98 valence electrons. The minimum atomic E-state index is -0.164. The topological polar surface area (TPSA) is 12.0 Å². The molecule has 2 heteroatoms. The van der Waals surface area contributed by atoms with Crippen molar-refractivity contribution in [2.24, 2.45) is 0 Å². The van der Waals surface area contributed by atoms with Gasteiger partial charge in [-0.05, 0) is 54.6 Å². The van der Waals surface area contributed by atoms with Gasteiger partial charge in [0.25, 0.3) is 0 Å². The lowest BCUT2D eigenvalue weighted by atomic mass is 10.1. The van der Waals surface area contributed by atoms with E-state index in [-0.39, 0.29) is 5.82 Å². The molecule has 1 nitrogen and oxygen atoms in total. The van der Waals surface area contributed by atoms with Crippen LogP contribution in [0, 0.1) is 5.82 Å². The number of halogens is 1. The van der Waals surface area contributed by atoms with Gasteiger partial charge in [-0.3, -0.25) is 0 Å². The summed E-state index contributed by atoms with van der Waals surface area (Å²) in [5.41, 5.74) is 4.13. The van der Waals surface area contributed by atoms with Crippen molar-refractivity contribution in [2.75, 3.05) is 6.54 Å². The molecule has 0 atom stereocenters. The highest BCUT2D eigenvalue weighted by molar-refractivity contribution is 5.33. The predicted molar refractivity (Wildman–Crippen MR) is 75.7 cm³/mol. The second kappa shape index (κ2) is 5.54. The van der Waals surface area contributed by atoms with Crippen molar-refractivity contribution in [3.8, 4) is 0 Å². The van der Waals surface area contributed by atoms with Crippen LogP contribution in [0.25, 0.3) is 0 Å². The lowest BCUT2D eigenvalue weighted by Gasteiger charge is -2.11. The predicted octanol–water partition coefficient (Wildman–Crippen LogP) is 3.13. The van der Waals surface area contributed by atoms with Gasteiger partial charge in [0.1, 0.15) is 5.82 Å². The molecular weight excluding hydrogens is 237 g/mol. The lowest BCUT2D eigenvalue weighted by molar-refractivity contribution is 0.536. The zero-order chi connectivity index (χ0) is 13.1. The van der Waals surface area contributed by atoms with Crippen LogP contribution in [0.1, 0.15) is 16.7 Å². The Morgan fingerprint density at radius 1 is 0.947 bits per heavy atom. The Labute approximate surface area is 113 Å². The fraction of sp³-hybridized carbons (Fsp3) is 0.294. The lowest BCUT2D eigenvalue weighted by Crippen LogP contribution is -2.31. The van der Waals surface area contributed by atoms with Crippen LogP contribution in [0.4, 0.5) is 4.39 Å². The normalized spacial score (nSPS) is 14.6.